The monoisotopic (exact) mass is 352 g/mol. The molecule has 2 aromatic heterocycles. The molecular formula is C19H13ClN2O3. The van der Waals surface area contributed by atoms with Crippen molar-refractivity contribution >= 4 is 22.5 Å². The first-order valence-corrected chi connectivity index (χ1v) is 8.02. The van der Waals surface area contributed by atoms with Gasteiger partial charge in [0.2, 0.25) is 0 Å². The first-order chi connectivity index (χ1) is 12.1. The molecule has 6 heteroatoms. The highest BCUT2D eigenvalue weighted by Gasteiger charge is 2.14. The maximum Gasteiger partial charge on any atom is 0.265 e. The van der Waals surface area contributed by atoms with E-state index in [1.165, 1.54) is 16.7 Å². The van der Waals surface area contributed by atoms with E-state index in [9.17, 15) is 9.90 Å². The van der Waals surface area contributed by atoms with Crippen molar-refractivity contribution in [2.45, 2.75) is 6.42 Å². The average Bonchev–Trinajstić information content (AvgIpc) is 3.09. The van der Waals surface area contributed by atoms with Crippen LogP contribution in [0.2, 0.25) is 5.02 Å². The molecule has 0 spiro atoms. The van der Waals surface area contributed by atoms with Gasteiger partial charge in [-0.3, -0.25) is 9.36 Å². The Morgan fingerprint density at radius 3 is 2.64 bits per heavy atom. The van der Waals surface area contributed by atoms with E-state index in [-0.39, 0.29) is 11.3 Å². The van der Waals surface area contributed by atoms with E-state index in [0.717, 1.165) is 0 Å². The van der Waals surface area contributed by atoms with Crippen LogP contribution in [0.1, 0.15) is 11.6 Å². The third kappa shape index (κ3) is 2.90. The summed E-state index contributed by atoms with van der Waals surface area (Å²) >= 11 is 5.96. The minimum absolute atomic E-state index is 0.0626. The summed E-state index contributed by atoms with van der Waals surface area (Å²) in [6.07, 6.45) is 1.92. The van der Waals surface area contributed by atoms with E-state index in [4.69, 9.17) is 16.0 Å². The molecule has 0 bridgehead atoms. The fourth-order valence-electron chi connectivity index (χ4n) is 2.76. The van der Waals surface area contributed by atoms with Crippen molar-refractivity contribution in [3.05, 3.63) is 87.8 Å². The van der Waals surface area contributed by atoms with Crippen molar-refractivity contribution in [1.29, 1.82) is 0 Å². The lowest BCUT2D eigenvalue weighted by Crippen LogP contribution is -2.24. The normalized spacial score (nSPS) is 11.1. The number of benzene rings is 2. The van der Waals surface area contributed by atoms with E-state index in [0.29, 0.717) is 39.6 Å². The molecule has 124 valence electrons. The molecule has 5 nitrogen and oxygen atoms in total. The van der Waals surface area contributed by atoms with Gasteiger partial charge in [-0.05, 0) is 48.5 Å². The third-order valence-corrected chi connectivity index (χ3v) is 4.17. The van der Waals surface area contributed by atoms with Gasteiger partial charge in [0.05, 0.1) is 29.3 Å². The number of phenols is 1. The van der Waals surface area contributed by atoms with Gasteiger partial charge in [-0.15, -0.1) is 0 Å². The molecule has 0 amide bonds. The van der Waals surface area contributed by atoms with E-state index in [2.05, 4.69) is 4.98 Å². The minimum atomic E-state index is -0.214. The molecule has 0 aliphatic carbocycles. The van der Waals surface area contributed by atoms with Crippen LogP contribution in [0.25, 0.3) is 16.6 Å². The van der Waals surface area contributed by atoms with Crippen LogP contribution in [0.4, 0.5) is 0 Å². The molecule has 2 aromatic carbocycles. The Morgan fingerprint density at radius 2 is 1.92 bits per heavy atom. The summed E-state index contributed by atoms with van der Waals surface area (Å²) in [5.74, 6) is 1.27. The van der Waals surface area contributed by atoms with Crippen molar-refractivity contribution in [2.24, 2.45) is 0 Å². The van der Waals surface area contributed by atoms with Crippen molar-refractivity contribution in [3.8, 4) is 11.4 Å². The molecule has 0 radical (unpaired) electrons. The van der Waals surface area contributed by atoms with Crippen LogP contribution in [-0.2, 0) is 6.42 Å². The molecule has 0 aliphatic heterocycles. The maximum absolute atomic E-state index is 13.1. The molecule has 25 heavy (non-hydrogen) atoms. The van der Waals surface area contributed by atoms with E-state index in [1.807, 2.05) is 6.07 Å². The number of phenolic OH excluding ortho intramolecular Hbond substituents is 1. The second kappa shape index (κ2) is 6.11. The lowest BCUT2D eigenvalue weighted by molar-refractivity contribution is 0.476. The number of rotatable bonds is 3. The largest absolute Gasteiger partial charge is 0.508 e. The van der Waals surface area contributed by atoms with Gasteiger partial charge in [-0.2, -0.15) is 0 Å². The maximum atomic E-state index is 13.1. The highest BCUT2D eigenvalue weighted by Crippen LogP contribution is 2.20. The lowest BCUT2D eigenvalue weighted by atomic mass is 10.2. The number of halogens is 1. The highest BCUT2D eigenvalue weighted by atomic mass is 35.5. The molecule has 0 saturated carbocycles. The zero-order chi connectivity index (χ0) is 17.4. The lowest BCUT2D eigenvalue weighted by Gasteiger charge is -2.13. The summed E-state index contributed by atoms with van der Waals surface area (Å²) in [6, 6.07) is 15.1. The summed E-state index contributed by atoms with van der Waals surface area (Å²) in [5.41, 5.74) is 0.893. The average molecular weight is 353 g/mol. The van der Waals surface area contributed by atoms with Crippen LogP contribution in [0.15, 0.2) is 70.1 Å². The van der Waals surface area contributed by atoms with Crippen molar-refractivity contribution in [1.82, 2.24) is 9.55 Å². The van der Waals surface area contributed by atoms with Gasteiger partial charge in [-0.25, -0.2) is 4.98 Å². The molecule has 2 heterocycles. The summed E-state index contributed by atoms with van der Waals surface area (Å²) in [6.45, 7) is 0. The first kappa shape index (κ1) is 15.5. The number of aromatic hydroxyl groups is 1. The molecule has 0 aliphatic rings. The molecular weight excluding hydrogens is 340 g/mol. The Labute approximate surface area is 147 Å². The van der Waals surface area contributed by atoms with Crippen LogP contribution < -0.4 is 5.56 Å². The van der Waals surface area contributed by atoms with Crippen molar-refractivity contribution < 1.29 is 9.52 Å². The smallest absolute Gasteiger partial charge is 0.265 e. The summed E-state index contributed by atoms with van der Waals surface area (Å²) < 4.78 is 6.94. The second-order valence-corrected chi connectivity index (χ2v) is 6.04. The Kier molecular flexibility index (Phi) is 3.78. The van der Waals surface area contributed by atoms with E-state index >= 15 is 0 Å². The fourth-order valence-corrected chi connectivity index (χ4v) is 2.89. The number of hydrogen-bond donors (Lipinski definition) is 1. The number of aromatic nitrogens is 2. The molecule has 0 fully saturated rings. The topological polar surface area (TPSA) is 68.3 Å². The van der Waals surface area contributed by atoms with Gasteiger partial charge in [0, 0.05) is 11.1 Å². The zero-order valence-corrected chi connectivity index (χ0v) is 13.8. The summed E-state index contributed by atoms with van der Waals surface area (Å²) in [7, 11) is 0. The number of hydrogen-bond acceptors (Lipinski definition) is 4. The van der Waals surface area contributed by atoms with Crippen LogP contribution in [0.5, 0.6) is 5.75 Å². The molecule has 0 atom stereocenters. The fraction of sp³-hybridized carbons (Fsp3) is 0.0526. The third-order valence-electron chi connectivity index (χ3n) is 3.92. The predicted octanol–water partition coefficient (Wildman–Crippen LogP) is 3.93. The predicted molar refractivity (Wildman–Crippen MR) is 95.5 cm³/mol. The van der Waals surface area contributed by atoms with Gasteiger partial charge in [0.15, 0.2) is 0 Å². The SMILES string of the molecule is O=c1c2ccc(O)cc2nc(Cc2ccco2)n1-c1ccc(Cl)cc1. The Balaban J connectivity index is 2.00. The molecule has 0 saturated heterocycles. The molecule has 1 N–H and O–H groups in total. The second-order valence-electron chi connectivity index (χ2n) is 5.60. The standard InChI is InChI=1S/C19H13ClN2O3/c20-12-3-5-13(6-4-12)22-18(11-15-2-1-9-25-15)21-17-10-14(23)7-8-16(17)19(22)24/h1-10,23H,11H2. The quantitative estimate of drug-likeness (QED) is 0.606. The van der Waals surface area contributed by atoms with Crippen molar-refractivity contribution in [2.75, 3.05) is 0 Å². The Hall–Kier alpha value is -3.05. The van der Waals surface area contributed by atoms with Crippen LogP contribution in [0.3, 0.4) is 0 Å². The Bertz CT molecular complexity index is 1100. The zero-order valence-electron chi connectivity index (χ0n) is 13.0. The number of nitrogens with zero attached hydrogens (tertiary/aromatic N) is 2. The first-order valence-electron chi connectivity index (χ1n) is 7.65. The van der Waals surface area contributed by atoms with Crippen LogP contribution in [-0.4, -0.2) is 14.7 Å². The molecule has 4 aromatic rings. The van der Waals surface area contributed by atoms with Crippen LogP contribution in [0, 0.1) is 0 Å². The highest BCUT2D eigenvalue weighted by molar-refractivity contribution is 6.30. The van der Waals surface area contributed by atoms with Gasteiger partial charge in [0.1, 0.15) is 17.3 Å². The van der Waals surface area contributed by atoms with Gasteiger partial charge >= 0.3 is 0 Å². The number of fused-ring (bicyclic) bond motifs is 1. The van der Waals surface area contributed by atoms with E-state index < -0.39 is 0 Å². The molecule has 0 unspecified atom stereocenters. The summed E-state index contributed by atoms with van der Waals surface area (Å²) in [5, 5.41) is 10.7. The van der Waals surface area contributed by atoms with Gasteiger partial charge < -0.3 is 9.52 Å². The van der Waals surface area contributed by atoms with Crippen LogP contribution >= 0.6 is 11.6 Å². The molecule has 4 rings (SSSR count). The minimum Gasteiger partial charge on any atom is -0.508 e. The van der Waals surface area contributed by atoms with Gasteiger partial charge in [0.25, 0.3) is 5.56 Å². The number of furan rings is 1. The van der Waals surface area contributed by atoms with E-state index in [1.54, 1.807) is 42.7 Å². The Morgan fingerprint density at radius 1 is 1.12 bits per heavy atom. The van der Waals surface area contributed by atoms with Crippen molar-refractivity contribution in [3.63, 3.8) is 0 Å². The summed E-state index contributed by atoms with van der Waals surface area (Å²) in [4.78, 5) is 17.6. The van der Waals surface area contributed by atoms with Gasteiger partial charge in [-0.1, -0.05) is 11.6 Å².